The molecule has 0 bridgehead atoms. The molecule has 2 N–H and O–H groups in total. The van der Waals surface area contributed by atoms with Crippen molar-refractivity contribution in [2.75, 3.05) is 13.6 Å². The number of carbonyl (C=O) groups is 1. The van der Waals surface area contributed by atoms with Gasteiger partial charge >= 0.3 is 0 Å². The molecular formula is C12H20N2OS. The highest BCUT2D eigenvalue weighted by Crippen LogP contribution is 2.14. The molecule has 1 heterocycles. The van der Waals surface area contributed by atoms with Gasteiger partial charge in [0.15, 0.2) is 0 Å². The lowest BCUT2D eigenvalue weighted by Gasteiger charge is -2.20. The fourth-order valence-corrected chi connectivity index (χ4v) is 2.40. The van der Waals surface area contributed by atoms with Gasteiger partial charge in [-0.05, 0) is 30.8 Å². The summed E-state index contributed by atoms with van der Waals surface area (Å²) >= 11 is 1.68. The molecule has 0 saturated carbocycles. The van der Waals surface area contributed by atoms with E-state index >= 15 is 0 Å². The number of thiophene rings is 1. The molecule has 16 heavy (non-hydrogen) atoms. The first-order valence-corrected chi connectivity index (χ1v) is 6.50. The van der Waals surface area contributed by atoms with E-state index in [4.69, 9.17) is 5.73 Å². The molecule has 0 aliphatic heterocycles. The van der Waals surface area contributed by atoms with Gasteiger partial charge in [0, 0.05) is 17.8 Å². The van der Waals surface area contributed by atoms with Crippen molar-refractivity contribution < 1.29 is 4.79 Å². The van der Waals surface area contributed by atoms with Crippen LogP contribution in [0.5, 0.6) is 0 Å². The first kappa shape index (κ1) is 13.2. The highest BCUT2D eigenvalue weighted by molar-refractivity contribution is 7.09. The zero-order valence-electron chi connectivity index (χ0n) is 9.98. The van der Waals surface area contributed by atoms with Crippen molar-refractivity contribution in [1.82, 2.24) is 4.90 Å². The van der Waals surface area contributed by atoms with Crippen LogP contribution in [0, 0.1) is 5.92 Å². The predicted molar refractivity (Wildman–Crippen MR) is 68.2 cm³/mol. The van der Waals surface area contributed by atoms with Crippen LogP contribution in [-0.2, 0) is 11.3 Å². The quantitative estimate of drug-likeness (QED) is 0.827. The molecule has 0 aliphatic rings. The van der Waals surface area contributed by atoms with Crippen LogP contribution in [0.1, 0.15) is 24.6 Å². The summed E-state index contributed by atoms with van der Waals surface area (Å²) in [7, 11) is 1.86. The molecule has 1 amide bonds. The maximum absolute atomic E-state index is 12.0. The molecule has 0 aromatic carbocycles. The van der Waals surface area contributed by atoms with Crippen LogP contribution in [0.3, 0.4) is 0 Å². The van der Waals surface area contributed by atoms with Crippen molar-refractivity contribution in [3.63, 3.8) is 0 Å². The Labute approximate surface area is 101 Å². The third kappa shape index (κ3) is 3.94. The number of nitrogens with two attached hydrogens (primary N) is 1. The minimum Gasteiger partial charge on any atom is -0.340 e. The molecule has 1 atom stereocenters. The van der Waals surface area contributed by atoms with E-state index in [2.05, 4.69) is 6.07 Å². The Bertz CT molecular complexity index is 311. The third-order valence-electron chi connectivity index (χ3n) is 2.61. The SMILES string of the molecule is CC(CCCN)C(=O)N(C)Cc1cccs1. The lowest BCUT2D eigenvalue weighted by Crippen LogP contribution is -2.31. The summed E-state index contributed by atoms with van der Waals surface area (Å²) in [5, 5.41) is 2.03. The molecule has 0 spiro atoms. The van der Waals surface area contributed by atoms with E-state index in [1.165, 1.54) is 4.88 Å². The summed E-state index contributed by atoms with van der Waals surface area (Å²) in [4.78, 5) is 15.0. The van der Waals surface area contributed by atoms with Crippen molar-refractivity contribution >= 4 is 17.2 Å². The van der Waals surface area contributed by atoms with Crippen LogP contribution in [-0.4, -0.2) is 24.4 Å². The van der Waals surface area contributed by atoms with Crippen LogP contribution >= 0.6 is 11.3 Å². The van der Waals surface area contributed by atoms with E-state index in [9.17, 15) is 4.79 Å². The second kappa shape index (κ2) is 6.66. The Kier molecular flexibility index (Phi) is 5.49. The van der Waals surface area contributed by atoms with Crippen molar-refractivity contribution in [2.45, 2.75) is 26.3 Å². The molecule has 1 aromatic rings. The van der Waals surface area contributed by atoms with Crippen LogP contribution in [0.15, 0.2) is 17.5 Å². The molecular weight excluding hydrogens is 220 g/mol. The molecule has 1 unspecified atom stereocenters. The molecule has 1 rings (SSSR count). The zero-order chi connectivity index (χ0) is 12.0. The van der Waals surface area contributed by atoms with E-state index in [1.807, 2.05) is 25.4 Å². The van der Waals surface area contributed by atoms with Gasteiger partial charge in [-0.25, -0.2) is 0 Å². The number of hydrogen-bond donors (Lipinski definition) is 1. The van der Waals surface area contributed by atoms with Crippen LogP contribution < -0.4 is 5.73 Å². The van der Waals surface area contributed by atoms with E-state index < -0.39 is 0 Å². The van der Waals surface area contributed by atoms with Gasteiger partial charge in [-0.1, -0.05) is 13.0 Å². The van der Waals surface area contributed by atoms with Gasteiger partial charge in [0.1, 0.15) is 0 Å². The predicted octanol–water partition coefficient (Wildman–Crippen LogP) is 2.08. The van der Waals surface area contributed by atoms with Gasteiger partial charge in [0.25, 0.3) is 0 Å². The van der Waals surface area contributed by atoms with Crippen molar-refractivity contribution in [3.05, 3.63) is 22.4 Å². The molecule has 90 valence electrons. The van der Waals surface area contributed by atoms with Gasteiger partial charge in [0.2, 0.25) is 5.91 Å². The van der Waals surface area contributed by atoms with Gasteiger partial charge in [-0.15, -0.1) is 11.3 Å². The fourth-order valence-electron chi connectivity index (χ4n) is 1.64. The Morgan fingerprint density at radius 3 is 2.94 bits per heavy atom. The van der Waals surface area contributed by atoms with Crippen LogP contribution in [0.2, 0.25) is 0 Å². The first-order valence-electron chi connectivity index (χ1n) is 5.62. The fraction of sp³-hybridized carbons (Fsp3) is 0.583. The topological polar surface area (TPSA) is 46.3 Å². The highest BCUT2D eigenvalue weighted by Gasteiger charge is 2.17. The third-order valence-corrected chi connectivity index (χ3v) is 3.47. The minimum atomic E-state index is 0.0773. The summed E-state index contributed by atoms with van der Waals surface area (Å²) < 4.78 is 0. The number of rotatable bonds is 6. The molecule has 0 saturated heterocycles. The Morgan fingerprint density at radius 1 is 1.62 bits per heavy atom. The Hall–Kier alpha value is -0.870. The Morgan fingerprint density at radius 2 is 2.38 bits per heavy atom. The highest BCUT2D eigenvalue weighted by atomic mass is 32.1. The molecule has 3 nitrogen and oxygen atoms in total. The van der Waals surface area contributed by atoms with Crippen LogP contribution in [0.4, 0.5) is 0 Å². The summed E-state index contributed by atoms with van der Waals surface area (Å²) in [6.07, 6.45) is 1.80. The van der Waals surface area contributed by atoms with E-state index in [0.29, 0.717) is 13.1 Å². The Balaban J connectivity index is 2.41. The standard InChI is InChI=1S/C12H20N2OS/c1-10(5-3-7-13)12(15)14(2)9-11-6-4-8-16-11/h4,6,8,10H,3,5,7,9,13H2,1-2H3. The summed E-state index contributed by atoms with van der Waals surface area (Å²) in [5.74, 6) is 0.287. The normalized spacial score (nSPS) is 12.4. The minimum absolute atomic E-state index is 0.0773. The summed E-state index contributed by atoms with van der Waals surface area (Å²) in [6, 6.07) is 4.06. The number of amides is 1. The smallest absolute Gasteiger partial charge is 0.225 e. The van der Waals surface area contributed by atoms with Gasteiger partial charge < -0.3 is 10.6 Å². The van der Waals surface area contributed by atoms with E-state index in [1.54, 1.807) is 16.2 Å². The van der Waals surface area contributed by atoms with Gasteiger partial charge in [0.05, 0.1) is 6.54 Å². The van der Waals surface area contributed by atoms with Crippen molar-refractivity contribution in [3.8, 4) is 0 Å². The van der Waals surface area contributed by atoms with Gasteiger partial charge in [-0.3, -0.25) is 4.79 Å². The average molecular weight is 240 g/mol. The molecule has 1 aromatic heterocycles. The summed E-state index contributed by atoms with van der Waals surface area (Å²) in [6.45, 7) is 3.35. The molecule has 0 aliphatic carbocycles. The van der Waals surface area contributed by atoms with Crippen molar-refractivity contribution in [2.24, 2.45) is 11.7 Å². The maximum atomic E-state index is 12.0. The van der Waals surface area contributed by atoms with Crippen molar-refractivity contribution in [1.29, 1.82) is 0 Å². The average Bonchev–Trinajstić information content (AvgIpc) is 2.77. The van der Waals surface area contributed by atoms with E-state index in [0.717, 1.165) is 12.8 Å². The van der Waals surface area contributed by atoms with E-state index in [-0.39, 0.29) is 11.8 Å². The number of carbonyl (C=O) groups excluding carboxylic acids is 1. The first-order chi connectivity index (χ1) is 7.65. The summed E-state index contributed by atoms with van der Waals surface area (Å²) in [5.41, 5.74) is 5.44. The molecule has 0 radical (unpaired) electrons. The molecule has 4 heteroatoms. The lowest BCUT2D eigenvalue weighted by molar-refractivity contribution is -0.134. The lowest BCUT2D eigenvalue weighted by atomic mass is 10.0. The maximum Gasteiger partial charge on any atom is 0.225 e. The number of nitrogens with zero attached hydrogens (tertiary/aromatic N) is 1. The second-order valence-electron chi connectivity index (χ2n) is 4.11. The largest absolute Gasteiger partial charge is 0.340 e. The van der Waals surface area contributed by atoms with Crippen LogP contribution in [0.25, 0.3) is 0 Å². The second-order valence-corrected chi connectivity index (χ2v) is 5.14. The molecule has 0 fully saturated rings. The van der Waals surface area contributed by atoms with Gasteiger partial charge in [-0.2, -0.15) is 0 Å². The zero-order valence-corrected chi connectivity index (χ0v) is 10.8. The number of hydrogen-bond acceptors (Lipinski definition) is 3. The monoisotopic (exact) mass is 240 g/mol.